The molecule has 2 aromatic heterocycles. The van der Waals surface area contributed by atoms with Gasteiger partial charge in [0, 0.05) is 5.56 Å². The third kappa shape index (κ3) is 2.79. The Morgan fingerprint density at radius 3 is 2.95 bits per heavy atom. The van der Waals surface area contributed by atoms with Gasteiger partial charge < -0.3 is 14.8 Å². The smallest absolute Gasteiger partial charge is 0.251 e. The molecule has 0 fully saturated rings. The van der Waals surface area contributed by atoms with Crippen LogP contribution in [0.1, 0.15) is 23.0 Å². The number of aliphatic hydroxyl groups is 1. The Hall–Kier alpha value is -2.25. The maximum absolute atomic E-state index is 12.1. The monoisotopic (exact) mass is 303 g/mol. The zero-order valence-corrected chi connectivity index (χ0v) is 12.1. The number of carbonyl (C=O) groups excluding carboxylic acids is 1. The summed E-state index contributed by atoms with van der Waals surface area (Å²) < 4.78 is 13.3. The van der Waals surface area contributed by atoms with Crippen LogP contribution < -0.4 is 5.32 Å². The highest BCUT2D eigenvalue weighted by atomic mass is 32.1. The van der Waals surface area contributed by atoms with E-state index in [1.54, 1.807) is 37.3 Å². The zero-order valence-electron chi connectivity index (χ0n) is 11.2. The molecule has 0 saturated heterocycles. The number of benzene rings is 1. The van der Waals surface area contributed by atoms with Crippen molar-refractivity contribution in [1.82, 2.24) is 14.1 Å². The lowest BCUT2D eigenvalue weighted by Gasteiger charge is -2.21. The van der Waals surface area contributed by atoms with E-state index in [4.69, 9.17) is 4.42 Å². The molecule has 0 aliphatic rings. The molecule has 3 rings (SSSR count). The van der Waals surface area contributed by atoms with Gasteiger partial charge in [0.25, 0.3) is 5.91 Å². The van der Waals surface area contributed by atoms with Crippen LogP contribution in [-0.2, 0) is 5.60 Å². The van der Waals surface area contributed by atoms with Crippen molar-refractivity contribution in [3.63, 3.8) is 0 Å². The molecule has 21 heavy (non-hydrogen) atoms. The second-order valence-corrected chi connectivity index (χ2v) is 5.43. The van der Waals surface area contributed by atoms with Crippen molar-refractivity contribution in [3.05, 3.63) is 47.9 Å². The highest BCUT2D eigenvalue weighted by Gasteiger charge is 2.27. The van der Waals surface area contributed by atoms with Crippen LogP contribution in [-0.4, -0.2) is 26.3 Å². The number of carbonyl (C=O) groups is 1. The van der Waals surface area contributed by atoms with Crippen molar-refractivity contribution in [2.24, 2.45) is 0 Å². The Morgan fingerprint density at radius 1 is 1.38 bits per heavy atom. The van der Waals surface area contributed by atoms with Crippen molar-refractivity contribution >= 4 is 28.7 Å². The van der Waals surface area contributed by atoms with Crippen molar-refractivity contribution in [1.29, 1.82) is 0 Å². The van der Waals surface area contributed by atoms with Crippen molar-refractivity contribution < 1.29 is 14.3 Å². The van der Waals surface area contributed by atoms with Crippen LogP contribution in [0, 0.1) is 0 Å². The maximum atomic E-state index is 12.1. The summed E-state index contributed by atoms with van der Waals surface area (Å²) in [6.45, 7) is 1.63. The Morgan fingerprint density at radius 2 is 2.19 bits per heavy atom. The van der Waals surface area contributed by atoms with E-state index in [2.05, 4.69) is 14.1 Å². The molecule has 0 bridgehead atoms. The van der Waals surface area contributed by atoms with Gasteiger partial charge in [0.1, 0.15) is 22.4 Å². The van der Waals surface area contributed by atoms with Gasteiger partial charge in [-0.2, -0.15) is 8.75 Å². The topological polar surface area (TPSA) is 88.2 Å². The predicted octanol–water partition coefficient (Wildman–Crippen LogP) is 1.92. The van der Waals surface area contributed by atoms with E-state index in [-0.39, 0.29) is 12.5 Å². The molecule has 0 saturated carbocycles. The second-order valence-electron chi connectivity index (χ2n) is 4.90. The number of aromatic nitrogens is 2. The summed E-state index contributed by atoms with van der Waals surface area (Å²) in [5.41, 5.74) is 0.667. The van der Waals surface area contributed by atoms with Crippen LogP contribution in [0.5, 0.6) is 0 Å². The SMILES string of the molecule is C[C@](O)(CNC(=O)c1ccc2nsnc2c1)c1ccco1. The van der Waals surface area contributed by atoms with E-state index in [1.807, 2.05) is 0 Å². The van der Waals surface area contributed by atoms with E-state index < -0.39 is 5.60 Å². The van der Waals surface area contributed by atoms with Crippen LogP contribution >= 0.6 is 11.7 Å². The summed E-state index contributed by atoms with van der Waals surface area (Å²) in [5.74, 6) is 0.124. The first-order valence-corrected chi connectivity index (χ1v) is 7.06. The van der Waals surface area contributed by atoms with E-state index in [9.17, 15) is 9.90 Å². The number of nitrogens with one attached hydrogen (secondary N) is 1. The van der Waals surface area contributed by atoms with Crippen LogP contribution in [0.15, 0.2) is 41.0 Å². The van der Waals surface area contributed by atoms with Gasteiger partial charge >= 0.3 is 0 Å². The lowest BCUT2D eigenvalue weighted by molar-refractivity contribution is 0.0330. The minimum Gasteiger partial charge on any atom is -0.466 e. The maximum Gasteiger partial charge on any atom is 0.251 e. The summed E-state index contributed by atoms with van der Waals surface area (Å²) in [4.78, 5) is 12.1. The molecule has 0 spiro atoms. The molecule has 7 heteroatoms. The third-order valence-electron chi connectivity index (χ3n) is 3.16. The summed E-state index contributed by atoms with van der Waals surface area (Å²) in [6, 6.07) is 8.46. The molecule has 0 unspecified atom stereocenters. The van der Waals surface area contributed by atoms with Crippen molar-refractivity contribution in [2.75, 3.05) is 6.54 Å². The number of rotatable bonds is 4. The number of hydrogen-bond acceptors (Lipinski definition) is 6. The Balaban J connectivity index is 1.71. The third-order valence-corrected chi connectivity index (χ3v) is 3.72. The van der Waals surface area contributed by atoms with Crippen LogP contribution in [0.2, 0.25) is 0 Å². The predicted molar refractivity (Wildman–Crippen MR) is 78.0 cm³/mol. The van der Waals surface area contributed by atoms with E-state index in [0.717, 1.165) is 17.2 Å². The fraction of sp³-hybridized carbons (Fsp3) is 0.214. The quantitative estimate of drug-likeness (QED) is 0.769. The highest BCUT2D eigenvalue weighted by molar-refractivity contribution is 7.00. The molecule has 1 amide bonds. The molecule has 0 aliphatic carbocycles. The van der Waals surface area contributed by atoms with Crippen LogP contribution in [0.4, 0.5) is 0 Å². The minimum absolute atomic E-state index is 0.0483. The molecule has 0 aliphatic heterocycles. The summed E-state index contributed by atoms with van der Waals surface area (Å²) in [6.07, 6.45) is 1.48. The first-order chi connectivity index (χ1) is 10.1. The van der Waals surface area contributed by atoms with Gasteiger partial charge in [-0.05, 0) is 37.3 Å². The summed E-state index contributed by atoms with van der Waals surface area (Å²) in [7, 11) is 0. The van der Waals surface area contributed by atoms with Crippen LogP contribution in [0.25, 0.3) is 11.0 Å². The molecule has 6 nitrogen and oxygen atoms in total. The zero-order chi connectivity index (χ0) is 14.9. The normalized spacial score (nSPS) is 14.0. The van der Waals surface area contributed by atoms with Gasteiger partial charge in [-0.25, -0.2) is 0 Å². The minimum atomic E-state index is -1.26. The molecular weight excluding hydrogens is 290 g/mol. The van der Waals surface area contributed by atoms with E-state index >= 15 is 0 Å². The molecular formula is C14H13N3O3S. The Bertz CT molecular complexity index is 765. The molecule has 2 N–H and O–H groups in total. The second kappa shape index (κ2) is 5.27. The number of furan rings is 1. The van der Waals surface area contributed by atoms with Crippen molar-refractivity contribution in [3.8, 4) is 0 Å². The fourth-order valence-corrected chi connectivity index (χ4v) is 2.47. The average Bonchev–Trinajstić information content (AvgIpc) is 3.14. The van der Waals surface area contributed by atoms with Gasteiger partial charge in [0.2, 0.25) is 0 Å². The molecule has 1 aromatic carbocycles. The molecule has 2 heterocycles. The Labute approximate surface area is 124 Å². The standard InChI is InChI=1S/C14H13N3O3S/c1-14(19,12-3-2-6-20-12)8-15-13(18)9-4-5-10-11(7-9)17-21-16-10/h2-7,19H,8H2,1H3,(H,15,18)/t14-/m0/s1. The van der Waals surface area contributed by atoms with Crippen molar-refractivity contribution in [2.45, 2.75) is 12.5 Å². The first-order valence-electron chi connectivity index (χ1n) is 6.33. The van der Waals surface area contributed by atoms with Crippen LogP contribution in [0.3, 0.4) is 0 Å². The van der Waals surface area contributed by atoms with Gasteiger partial charge in [-0.15, -0.1) is 0 Å². The average molecular weight is 303 g/mol. The summed E-state index contributed by atoms with van der Waals surface area (Å²) in [5, 5.41) is 13.0. The molecule has 1 atom stereocenters. The Kier molecular flexibility index (Phi) is 3.44. The fourth-order valence-electron chi connectivity index (χ4n) is 1.95. The van der Waals surface area contributed by atoms with Gasteiger partial charge in [0.15, 0.2) is 0 Å². The molecule has 108 valence electrons. The van der Waals surface area contributed by atoms with Gasteiger partial charge in [-0.1, -0.05) is 0 Å². The number of nitrogens with zero attached hydrogens (tertiary/aromatic N) is 2. The largest absolute Gasteiger partial charge is 0.466 e. The number of fused-ring (bicyclic) bond motifs is 1. The van der Waals surface area contributed by atoms with Gasteiger partial charge in [0.05, 0.1) is 24.5 Å². The number of hydrogen-bond donors (Lipinski definition) is 2. The van der Waals surface area contributed by atoms with Gasteiger partial charge in [-0.3, -0.25) is 4.79 Å². The molecule has 0 radical (unpaired) electrons. The van der Waals surface area contributed by atoms with E-state index in [1.165, 1.54) is 6.26 Å². The molecule has 3 aromatic rings. The van der Waals surface area contributed by atoms with E-state index in [0.29, 0.717) is 16.8 Å². The highest BCUT2D eigenvalue weighted by Crippen LogP contribution is 2.20. The summed E-state index contributed by atoms with van der Waals surface area (Å²) >= 11 is 1.11. The number of amides is 1. The lowest BCUT2D eigenvalue weighted by Crippen LogP contribution is -2.38. The first kappa shape index (κ1) is 13.7. The lowest BCUT2D eigenvalue weighted by atomic mass is 10.0.